The minimum Gasteiger partial charge on any atom is -0.461 e. The van der Waals surface area contributed by atoms with E-state index in [9.17, 15) is 19.2 Å². The molecule has 0 bridgehead atoms. The maximum Gasteiger partial charge on any atom is 0.508 e. The summed E-state index contributed by atoms with van der Waals surface area (Å²) in [6.45, 7) is 15.0. The molecule has 226 valence electrons. The number of hydrogen-bond acceptors (Lipinski definition) is 10. The highest BCUT2D eigenvalue weighted by Crippen LogP contribution is 2.30. The summed E-state index contributed by atoms with van der Waals surface area (Å²) in [7, 11) is 0. The molecule has 1 rings (SSSR count). The van der Waals surface area contributed by atoms with Crippen molar-refractivity contribution in [2.24, 2.45) is 23.5 Å². The summed E-state index contributed by atoms with van der Waals surface area (Å²) in [5.74, 6) is -0.589. The zero-order valence-electron chi connectivity index (χ0n) is 25.2. The number of carbonyl (C=O) groups is 4. The number of hydrogen-bond donors (Lipinski definition) is 1. The Morgan fingerprint density at radius 1 is 0.775 bits per heavy atom. The highest BCUT2D eigenvalue weighted by Gasteiger charge is 2.22. The lowest BCUT2D eigenvalue weighted by atomic mass is 10.1. The first-order valence-electron chi connectivity index (χ1n) is 14.0. The Morgan fingerprint density at radius 3 is 1.85 bits per heavy atom. The van der Waals surface area contributed by atoms with Crippen LogP contribution in [0.25, 0.3) is 0 Å². The lowest BCUT2D eigenvalue weighted by Gasteiger charge is -2.19. The van der Waals surface area contributed by atoms with E-state index < -0.39 is 36.2 Å². The Morgan fingerprint density at radius 2 is 1.32 bits per heavy atom. The van der Waals surface area contributed by atoms with Gasteiger partial charge in [-0.15, -0.1) is 0 Å². The van der Waals surface area contributed by atoms with Gasteiger partial charge in [0.15, 0.2) is 11.5 Å². The van der Waals surface area contributed by atoms with E-state index in [1.54, 1.807) is 19.9 Å². The molecular weight excluding hydrogens is 518 g/mol. The van der Waals surface area contributed by atoms with Gasteiger partial charge < -0.3 is 29.4 Å². The van der Waals surface area contributed by atoms with Crippen molar-refractivity contribution in [3.8, 4) is 11.5 Å². The van der Waals surface area contributed by atoms with Gasteiger partial charge in [0.2, 0.25) is 0 Å². The van der Waals surface area contributed by atoms with Crippen LogP contribution in [0.2, 0.25) is 0 Å². The van der Waals surface area contributed by atoms with Gasteiger partial charge in [-0.2, -0.15) is 0 Å². The van der Waals surface area contributed by atoms with Crippen LogP contribution in [0.3, 0.4) is 0 Å². The monoisotopic (exact) mass is 565 g/mol. The third-order valence-corrected chi connectivity index (χ3v) is 6.04. The van der Waals surface area contributed by atoms with Crippen LogP contribution in [0, 0.1) is 17.8 Å². The fourth-order valence-corrected chi connectivity index (χ4v) is 3.16. The standard InChI is InChI=1S/C30H47NO9/c1-18(2)9-13-27(32)39-25-12-11-23(16-26(25)40-28(33)14-10-19(3)4)15-24(31)29(34)36-17-21(7)37-30(35)38-22(8)20(5)6/h11-12,16,18-22,24H,9-10,13-15,17,31H2,1-8H3/t21-,22?,24-/m0/s1. The molecule has 0 fully saturated rings. The van der Waals surface area contributed by atoms with Crippen LogP contribution in [0.5, 0.6) is 11.5 Å². The molecular formula is C30H47NO9. The lowest BCUT2D eigenvalue weighted by molar-refractivity contribution is -0.148. The van der Waals surface area contributed by atoms with Crippen molar-refractivity contribution >= 4 is 24.1 Å². The summed E-state index contributed by atoms with van der Waals surface area (Å²) in [6, 6.07) is 3.65. The summed E-state index contributed by atoms with van der Waals surface area (Å²) >= 11 is 0. The number of benzene rings is 1. The first-order valence-corrected chi connectivity index (χ1v) is 14.0. The fraction of sp³-hybridized carbons (Fsp3) is 0.667. The lowest BCUT2D eigenvalue weighted by Crippen LogP contribution is -2.36. The molecule has 0 aliphatic rings. The van der Waals surface area contributed by atoms with Gasteiger partial charge in [-0.05, 0) is 68.6 Å². The van der Waals surface area contributed by atoms with E-state index in [1.807, 2.05) is 41.5 Å². The fourth-order valence-electron chi connectivity index (χ4n) is 3.16. The Bertz CT molecular complexity index is 974. The Hall–Kier alpha value is -3.14. The molecule has 0 saturated heterocycles. The highest BCUT2D eigenvalue weighted by molar-refractivity contribution is 5.77. The Labute approximate surface area is 238 Å². The first kappa shape index (κ1) is 34.9. The van der Waals surface area contributed by atoms with Crippen LogP contribution in [-0.2, 0) is 35.0 Å². The van der Waals surface area contributed by atoms with E-state index in [-0.39, 0.29) is 49.4 Å². The van der Waals surface area contributed by atoms with Crippen LogP contribution in [-0.4, -0.2) is 48.9 Å². The minimum atomic E-state index is -1.04. The van der Waals surface area contributed by atoms with Crippen molar-refractivity contribution in [3.63, 3.8) is 0 Å². The molecule has 1 aromatic rings. The molecule has 0 aromatic heterocycles. The maximum absolute atomic E-state index is 12.5. The molecule has 0 spiro atoms. The zero-order valence-corrected chi connectivity index (χ0v) is 25.2. The molecule has 10 nitrogen and oxygen atoms in total. The molecule has 0 aliphatic heterocycles. The average molecular weight is 566 g/mol. The number of carbonyl (C=O) groups excluding carboxylic acids is 4. The second-order valence-corrected chi connectivity index (χ2v) is 11.3. The highest BCUT2D eigenvalue weighted by atomic mass is 16.7. The molecule has 2 N–H and O–H groups in total. The predicted octanol–water partition coefficient (Wildman–Crippen LogP) is 5.37. The number of ether oxygens (including phenoxy) is 5. The number of nitrogens with two attached hydrogens (primary N) is 1. The van der Waals surface area contributed by atoms with Gasteiger partial charge in [0.1, 0.15) is 24.9 Å². The molecule has 40 heavy (non-hydrogen) atoms. The smallest absolute Gasteiger partial charge is 0.461 e. The first-order chi connectivity index (χ1) is 18.7. The van der Waals surface area contributed by atoms with Gasteiger partial charge in [-0.3, -0.25) is 14.4 Å². The third-order valence-electron chi connectivity index (χ3n) is 6.04. The summed E-state index contributed by atoms with van der Waals surface area (Å²) in [5, 5.41) is 0. The van der Waals surface area contributed by atoms with Crippen molar-refractivity contribution in [3.05, 3.63) is 23.8 Å². The van der Waals surface area contributed by atoms with Crippen molar-refractivity contribution in [1.82, 2.24) is 0 Å². The van der Waals surface area contributed by atoms with E-state index >= 15 is 0 Å². The predicted molar refractivity (Wildman–Crippen MR) is 150 cm³/mol. The molecule has 0 heterocycles. The summed E-state index contributed by atoms with van der Waals surface area (Å²) in [6.07, 6.45) is -0.0648. The second kappa shape index (κ2) is 17.5. The molecule has 1 aromatic carbocycles. The van der Waals surface area contributed by atoms with Crippen molar-refractivity contribution in [2.45, 2.75) is 106 Å². The van der Waals surface area contributed by atoms with Crippen molar-refractivity contribution < 1.29 is 42.9 Å². The van der Waals surface area contributed by atoms with Gasteiger partial charge in [-0.1, -0.05) is 47.6 Å². The van der Waals surface area contributed by atoms with Gasteiger partial charge in [-0.25, -0.2) is 4.79 Å². The second-order valence-electron chi connectivity index (χ2n) is 11.3. The normalized spacial score (nSPS) is 13.5. The topological polar surface area (TPSA) is 140 Å². The number of esters is 3. The zero-order chi connectivity index (χ0) is 30.4. The SMILES string of the molecule is CC(C)CCC(=O)Oc1ccc(C[C@H](N)C(=O)OC[C@H](C)OC(=O)OC(C)C(C)C)cc1OC(=O)CCC(C)C. The van der Waals surface area contributed by atoms with Crippen LogP contribution in [0.15, 0.2) is 18.2 Å². The summed E-state index contributed by atoms with van der Waals surface area (Å²) in [4.78, 5) is 49.1. The molecule has 0 amide bonds. The van der Waals surface area contributed by atoms with E-state index in [2.05, 4.69) is 0 Å². The van der Waals surface area contributed by atoms with Crippen LogP contribution < -0.4 is 15.2 Å². The Balaban J connectivity index is 2.82. The molecule has 0 saturated carbocycles. The van der Waals surface area contributed by atoms with Gasteiger partial charge in [0.25, 0.3) is 0 Å². The van der Waals surface area contributed by atoms with Crippen LogP contribution in [0.1, 0.15) is 86.6 Å². The van der Waals surface area contributed by atoms with E-state index in [1.165, 1.54) is 12.1 Å². The molecule has 10 heteroatoms. The van der Waals surface area contributed by atoms with Crippen LogP contribution in [0.4, 0.5) is 4.79 Å². The van der Waals surface area contributed by atoms with E-state index in [0.717, 1.165) is 0 Å². The number of rotatable bonds is 16. The van der Waals surface area contributed by atoms with Gasteiger partial charge in [0, 0.05) is 12.8 Å². The largest absolute Gasteiger partial charge is 0.508 e. The van der Waals surface area contributed by atoms with Crippen molar-refractivity contribution in [2.75, 3.05) is 6.61 Å². The third kappa shape index (κ3) is 14.3. The van der Waals surface area contributed by atoms with Gasteiger partial charge in [0.05, 0.1) is 0 Å². The molecule has 1 unspecified atom stereocenters. The molecule has 0 radical (unpaired) electrons. The summed E-state index contributed by atoms with van der Waals surface area (Å²) < 4.78 is 26.5. The molecule has 3 atom stereocenters. The average Bonchev–Trinajstić information content (AvgIpc) is 2.86. The van der Waals surface area contributed by atoms with E-state index in [0.29, 0.717) is 30.2 Å². The van der Waals surface area contributed by atoms with E-state index in [4.69, 9.17) is 29.4 Å². The van der Waals surface area contributed by atoms with Gasteiger partial charge >= 0.3 is 24.1 Å². The summed E-state index contributed by atoms with van der Waals surface area (Å²) in [5.41, 5.74) is 6.63. The Kier molecular flexibility index (Phi) is 15.3. The van der Waals surface area contributed by atoms with Crippen LogP contribution >= 0.6 is 0 Å². The molecule has 0 aliphatic carbocycles. The minimum absolute atomic E-state index is 0.0696. The maximum atomic E-state index is 12.5. The quantitative estimate of drug-likeness (QED) is 0.205. The van der Waals surface area contributed by atoms with Crippen molar-refractivity contribution in [1.29, 1.82) is 0 Å².